The molecule has 2 fully saturated rings. The first-order valence-corrected chi connectivity index (χ1v) is 5.95. The first kappa shape index (κ1) is 13.2. The van der Waals surface area contributed by atoms with Crippen molar-refractivity contribution < 1.29 is 9.53 Å². The molecule has 3 nitrogen and oxygen atoms in total. The van der Waals surface area contributed by atoms with Gasteiger partial charge in [0.05, 0.1) is 0 Å². The van der Waals surface area contributed by atoms with Crippen molar-refractivity contribution in [3.05, 3.63) is 12.7 Å². The first-order chi connectivity index (χ1) is 7.41. The Hall–Kier alpha value is -0.830. The number of rotatable bonds is 0. The van der Waals surface area contributed by atoms with E-state index in [0.29, 0.717) is 0 Å². The van der Waals surface area contributed by atoms with Crippen LogP contribution in [0.1, 0.15) is 40.5 Å². The summed E-state index contributed by atoms with van der Waals surface area (Å²) in [6, 6.07) is 0.0595. The van der Waals surface area contributed by atoms with Crippen molar-refractivity contribution in [3.8, 4) is 0 Å². The second-order valence-corrected chi connectivity index (χ2v) is 5.46. The summed E-state index contributed by atoms with van der Waals surface area (Å²) in [7, 11) is 0. The molecule has 0 spiro atoms. The maximum absolute atomic E-state index is 11.4. The third-order valence-electron chi connectivity index (χ3n) is 2.84. The zero-order chi connectivity index (χ0) is 12.3. The Labute approximate surface area is 98.5 Å². The summed E-state index contributed by atoms with van der Waals surface area (Å²) in [6.45, 7) is 12.6. The van der Waals surface area contributed by atoms with Gasteiger partial charge in [-0.2, -0.15) is 0 Å². The molecule has 2 rings (SSSR count). The molecule has 2 aliphatic heterocycles. The van der Waals surface area contributed by atoms with Gasteiger partial charge in [0.15, 0.2) is 6.23 Å². The fraction of sp³-hybridized carbons (Fsp3) is 0.769. The Morgan fingerprint density at radius 3 is 2.56 bits per heavy atom. The van der Waals surface area contributed by atoms with E-state index in [2.05, 4.69) is 32.3 Å². The Bertz CT molecular complexity index is 268. The van der Waals surface area contributed by atoms with E-state index >= 15 is 0 Å². The SMILES string of the molecule is C=CC.CC(C)(C)[C@H]1OC(=O)C2CCCN21. The number of cyclic esters (lactones) is 1. The van der Waals surface area contributed by atoms with Gasteiger partial charge < -0.3 is 4.74 Å². The van der Waals surface area contributed by atoms with Crippen LogP contribution in [0, 0.1) is 5.41 Å². The summed E-state index contributed by atoms with van der Waals surface area (Å²) in [5.41, 5.74) is 0.0365. The van der Waals surface area contributed by atoms with Crippen LogP contribution in [0.2, 0.25) is 0 Å². The summed E-state index contributed by atoms with van der Waals surface area (Å²) in [4.78, 5) is 13.7. The molecule has 16 heavy (non-hydrogen) atoms. The predicted octanol–water partition coefficient (Wildman–Crippen LogP) is 2.57. The number of carbonyl (C=O) groups excluding carboxylic acids is 1. The number of esters is 1. The van der Waals surface area contributed by atoms with Crippen LogP contribution >= 0.6 is 0 Å². The van der Waals surface area contributed by atoms with Crippen LogP contribution in [-0.4, -0.2) is 29.7 Å². The molecular formula is C13H23NO2. The lowest BCUT2D eigenvalue weighted by Crippen LogP contribution is -2.41. The Balaban J connectivity index is 0.000000386. The molecule has 0 aromatic rings. The third kappa shape index (κ3) is 2.64. The molecule has 0 amide bonds. The molecular weight excluding hydrogens is 202 g/mol. The molecule has 0 aliphatic carbocycles. The maximum Gasteiger partial charge on any atom is 0.325 e. The van der Waals surface area contributed by atoms with Crippen molar-refractivity contribution >= 4 is 5.97 Å². The molecule has 0 aromatic heterocycles. The molecule has 0 saturated carbocycles. The van der Waals surface area contributed by atoms with E-state index in [4.69, 9.17) is 4.74 Å². The van der Waals surface area contributed by atoms with Gasteiger partial charge in [-0.15, -0.1) is 6.58 Å². The highest BCUT2D eigenvalue weighted by molar-refractivity contribution is 5.78. The van der Waals surface area contributed by atoms with Crippen LogP contribution in [0.4, 0.5) is 0 Å². The van der Waals surface area contributed by atoms with Gasteiger partial charge in [-0.1, -0.05) is 26.8 Å². The molecule has 0 radical (unpaired) electrons. The zero-order valence-corrected chi connectivity index (χ0v) is 10.8. The number of allylic oxidation sites excluding steroid dienone is 1. The van der Waals surface area contributed by atoms with E-state index in [1.165, 1.54) is 0 Å². The second-order valence-electron chi connectivity index (χ2n) is 5.46. The minimum atomic E-state index is -0.0163. The largest absolute Gasteiger partial charge is 0.445 e. The first-order valence-electron chi connectivity index (χ1n) is 5.95. The lowest BCUT2D eigenvalue weighted by Gasteiger charge is -2.31. The minimum Gasteiger partial charge on any atom is -0.445 e. The van der Waals surface area contributed by atoms with Gasteiger partial charge in [0.25, 0.3) is 0 Å². The maximum atomic E-state index is 11.4. The van der Waals surface area contributed by atoms with Crippen molar-refractivity contribution in [2.24, 2.45) is 5.41 Å². The molecule has 0 aromatic carbocycles. The number of hydrogen-bond acceptors (Lipinski definition) is 3. The van der Waals surface area contributed by atoms with E-state index < -0.39 is 0 Å². The molecule has 0 N–H and O–H groups in total. The van der Waals surface area contributed by atoms with Crippen LogP contribution in [0.3, 0.4) is 0 Å². The van der Waals surface area contributed by atoms with E-state index in [1.54, 1.807) is 6.08 Å². The summed E-state index contributed by atoms with van der Waals surface area (Å²) < 4.78 is 5.38. The molecule has 2 saturated heterocycles. The lowest BCUT2D eigenvalue weighted by atomic mass is 9.93. The quantitative estimate of drug-likeness (QED) is 0.469. The number of hydrogen-bond donors (Lipinski definition) is 0. The highest BCUT2D eigenvalue weighted by atomic mass is 16.6. The van der Waals surface area contributed by atoms with Crippen molar-refractivity contribution in [3.63, 3.8) is 0 Å². The number of fused-ring (bicyclic) bond motifs is 1. The van der Waals surface area contributed by atoms with Crippen molar-refractivity contribution in [2.45, 2.75) is 52.8 Å². The van der Waals surface area contributed by atoms with Gasteiger partial charge in [0.1, 0.15) is 6.04 Å². The normalized spacial score (nSPS) is 29.1. The van der Waals surface area contributed by atoms with Crippen LogP contribution in [0.15, 0.2) is 12.7 Å². The smallest absolute Gasteiger partial charge is 0.325 e. The summed E-state index contributed by atoms with van der Waals surface area (Å²) >= 11 is 0. The highest BCUT2D eigenvalue weighted by Crippen LogP contribution is 2.36. The molecule has 2 aliphatic rings. The number of carbonyl (C=O) groups is 1. The average molecular weight is 225 g/mol. The van der Waals surface area contributed by atoms with Crippen LogP contribution in [0.5, 0.6) is 0 Å². The minimum absolute atomic E-state index is 0.00694. The van der Waals surface area contributed by atoms with Crippen LogP contribution in [0.25, 0.3) is 0 Å². The summed E-state index contributed by atoms with van der Waals surface area (Å²) in [5.74, 6) is -0.0163. The van der Waals surface area contributed by atoms with E-state index in [9.17, 15) is 4.79 Å². The van der Waals surface area contributed by atoms with Crippen LogP contribution in [-0.2, 0) is 9.53 Å². The summed E-state index contributed by atoms with van der Waals surface area (Å²) in [6.07, 6.45) is 3.85. The Kier molecular flexibility index (Phi) is 4.14. The molecule has 3 heteroatoms. The van der Waals surface area contributed by atoms with Crippen LogP contribution < -0.4 is 0 Å². The highest BCUT2D eigenvalue weighted by Gasteiger charge is 2.49. The van der Waals surface area contributed by atoms with E-state index in [1.807, 2.05) is 6.92 Å². The fourth-order valence-corrected chi connectivity index (χ4v) is 2.25. The monoisotopic (exact) mass is 225 g/mol. The molecule has 0 bridgehead atoms. The lowest BCUT2D eigenvalue weighted by molar-refractivity contribution is -0.148. The molecule has 2 atom stereocenters. The molecule has 92 valence electrons. The predicted molar refractivity (Wildman–Crippen MR) is 64.9 cm³/mol. The molecule has 2 heterocycles. The van der Waals surface area contributed by atoms with Crippen molar-refractivity contribution in [1.29, 1.82) is 0 Å². The van der Waals surface area contributed by atoms with Crippen molar-refractivity contribution in [2.75, 3.05) is 6.54 Å². The number of ether oxygens (including phenoxy) is 1. The standard InChI is InChI=1S/C10H17NO2.C3H6/c1-10(2,3)9-11-6-4-5-7(11)8(12)13-9;1-3-2/h7,9H,4-6H2,1-3H3;3H,1H2,2H3/t7?,9-;/m1./s1. The third-order valence-corrected chi connectivity index (χ3v) is 2.84. The van der Waals surface area contributed by atoms with Gasteiger partial charge >= 0.3 is 5.97 Å². The van der Waals surface area contributed by atoms with E-state index in [-0.39, 0.29) is 23.7 Å². The van der Waals surface area contributed by atoms with Gasteiger partial charge in [-0.3, -0.25) is 9.69 Å². The van der Waals surface area contributed by atoms with Crippen molar-refractivity contribution in [1.82, 2.24) is 4.90 Å². The Morgan fingerprint density at radius 2 is 2.06 bits per heavy atom. The topological polar surface area (TPSA) is 29.5 Å². The van der Waals surface area contributed by atoms with E-state index in [0.717, 1.165) is 19.4 Å². The fourth-order valence-electron chi connectivity index (χ4n) is 2.25. The van der Waals surface area contributed by atoms with Gasteiger partial charge in [0, 0.05) is 12.0 Å². The van der Waals surface area contributed by atoms with Gasteiger partial charge in [-0.05, 0) is 19.8 Å². The Morgan fingerprint density at radius 1 is 1.50 bits per heavy atom. The zero-order valence-electron chi connectivity index (χ0n) is 10.8. The van der Waals surface area contributed by atoms with Gasteiger partial charge in [0.2, 0.25) is 0 Å². The summed E-state index contributed by atoms with van der Waals surface area (Å²) in [5, 5.41) is 0. The number of nitrogens with zero attached hydrogens (tertiary/aromatic N) is 1. The average Bonchev–Trinajstić information content (AvgIpc) is 2.69. The molecule has 1 unspecified atom stereocenters. The second kappa shape index (κ2) is 5.00. The van der Waals surface area contributed by atoms with Gasteiger partial charge in [-0.25, -0.2) is 0 Å².